The molecule has 0 spiro atoms. The van der Waals surface area contributed by atoms with Crippen molar-refractivity contribution in [3.8, 4) is 0 Å². The van der Waals surface area contributed by atoms with Crippen LogP contribution in [0, 0.1) is 10.1 Å². The number of amides is 1. The summed E-state index contributed by atoms with van der Waals surface area (Å²) in [5.41, 5.74) is 1.38. The number of ether oxygens (including phenoxy) is 1. The topological polar surface area (TPSA) is 84.7 Å². The highest BCUT2D eigenvalue weighted by Crippen LogP contribution is 2.34. The third-order valence-corrected chi connectivity index (χ3v) is 4.66. The molecule has 1 fully saturated rings. The zero-order valence-corrected chi connectivity index (χ0v) is 14.8. The summed E-state index contributed by atoms with van der Waals surface area (Å²) >= 11 is 0. The van der Waals surface area contributed by atoms with Gasteiger partial charge in [-0.1, -0.05) is 30.3 Å². The predicted molar refractivity (Wildman–Crippen MR) is 98.4 cm³/mol. The van der Waals surface area contributed by atoms with Gasteiger partial charge in [0.05, 0.1) is 29.3 Å². The number of hydrogen-bond donors (Lipinski definition) is 1. The van der Waals surface area contributed by atoms with E-state index in [1.807, 2.05) is 42.2 Å². The first-order chi connectivity index (χ1) is 12.4. The lowest BCUT2D eigenvalue weighted by Crippen LogP contribution is -2.48. The van der Waals surface area contributed by atoms with E-state index in [9.17, 15) is 14.9 Å². The Morgan fingerprint density at radius 3 is 2.65 bits per heavy atom. The maximum Gasteiger partial charge on any atom is 0.270 e. The van der Waals surface area contributed by atoms with Gasteiger partial charge in [-0.05, 0) is 18.6 Å². The number of nitrogens with one attached hydrogen (secondary N) is 1. The molecule has 2 aromatic rings. The van der Waals surface area contributed by atoms with E-state index in [0.717, 1.165) is 5.56 Å². The molecule has 7 heteroatoms. The monoisotopic (exact) mass is 355 g/mol. The number of morpholine rings is 1. The molecule has 0 saturated carbocycles. The van der Waals surface area contributed by atoms with E-state index in [4.69, 9.17) is 4.74 Å². The number of anilines is 1. The Morgan fingerprint density at radius 1 is 1.27 bits per heavy atom. The van der Waals surface area contributed by atoms with E-state index < -0.39 is 10.5 Å². The molecule has 2 aromatic carbocycles. The van der Waals surface area contributed by atoms with Crippen LogP contribution in [0.4, 0.5) is 11.4 Å². The number of non-ortho nitro benzene ring substituents is 1. The molecule has 1 unspecified atom stereocenters. The molecule has 0 radical (unpaired) electrons. The molecule has 26 heavy (non-hydrogen) atoms. The van der Waals surface area contributed by atoms with Gasteiger partial charge in [-0.3, -0.25) is 14.9 Å². The Hall–Kier alpha value is -2.93. The smallest absolute Gasteiger partial charge is 0.270 e. The van der Waals surface area contributed by atoms with Crippen molar-refractivity contribution < 1.29 is 14.5 Å². The van der Waals surface area contributed by atoms with Crippen molar-refractivity contribution in [1.82, 2.24) is 5.32 Å². The number of carbonyl (C=O) groups excluding carboxylic acids is 1. The normalized spacial score (nSPS) is 19.8. The number of hydrogen-bond acceptors (Lipinski definition) is 5. The minimum Gasteiger partial charge on any atom is -0.367 e. The molecule has 0 aliphatic carbocycles. The summed E-state index contributed by atoms with van der Waals surface area (Å²) in [5, 5.41) is 13.6. The summed E-state index contributed by atoms with van der Waals surface area (Å²) in [6.45, 7) is 3.65. The summed E-state index contributed by atoms with van der Waals surface area (Å²) in [5.74, 6) is -0.350. The molecule has 1 saturated heterocycles. The lowest BCUT2D eigenvalue weighted by atomic mass is 9.93. The van der Waals surface area contributed by atoms with Gasteiger partial charge in [-0.15, -0.1) is 0 Å². The Morgan fingerprint density at radius 2 is 2.00 bits per heavy atom. The summed E-state index contributed by atoms with van der Waals surface area (Å²) in [6.07, 6.45) is 0. The van der Waals surface area contributed by atoms with E-state index in [1.54, 1.807) is 6.07 Å². The Bertz CT molecular complexity index is 825. The highest BCUT2D eigenvalue weighted by atomic mass is 16.6. The Kier molecular flexibility index (Phi) is 4.90. The van der Waals surface area contributed by atoms with Crippen molar-refractivity contribution in [2.75, 3.05) is 31.6 Å². The number of rotatable bonds is 4. The van der Waals surface area contributed by atoms with Crippen LogP contribution in [0.15, 0.2) is 48.5 Å². The predicted octanol–water partition coefficient (Wildman–Crippen LogP) is 2.71. The zero-order chi connectivity index (χ0) is 18.7. The van der Waals surface area contributed by atoms with Crippen LogP contribution in [-0.4, -0.2) is 37.6 Å². The summed E-state index contributed by atoms with van der Waals surface area (Å²) in [6, 6.07) is 14.3. The molecule has 1 atom stereocenters. The van der Waals surface area contributed by atoms with Crippen LogP contribution >= 0.6 is 0 Å². The minimum absolute atomic E-state index is 0.105. The largest absolute Gasteiger partial charge is 0.367 e. The fourth-order valence-electron chi connectivity index (χ4n) is 3.27. The molecule has 1 N–H and O–H groups in total. The highest BCUT2D eigenvalue weighted by molar-refractivity contribution is 6.00. The number of nitrogens with zero attached hydrogens (tertiary/aromatic N) is 2. The summed E-state index contributed by atoms with van der Waals surface area (Å²) in [4.78, 5) is 24.9. The maximum absolute atomic E-state index is 12.3. The van der Waals surface area contributed by atoms with Crippen LogP contribution in [0.25, 0.3) is 0 Å². The van der Waals surface area contributed by atoms with Gasteiger partial charge in [-0.25, -0.2) is 0 Å². The number of benzene rings is 2. The minimum atomic E-state index is -0.527. The quantitative estimate of drug-likeness (QED) is 0.673. The fraction of sp³-hybridized carbons (Fsp3) is 0.316. The van der Waals surface area contributed by atoms with Gasteiger partial charge < -0.3 is 15.0 Å². The SMILES string of the molecule is CNC(=O)c1cc([N+](=O)[O-])ccc1N1CCOC(C)(c2ccccc2)C1. The van der Waals surface area contributed by atoms with E-state index in [1.165, 1.54) is 19.2 Å². The van der Waals surface area contributed by atoms with Crippen molar-refractivity contribution >= 4 is 17.3 Å². The van der Waals surface area contributed by atoms with Crippen molar-refractivity contribution in [2.45, 2.75) is 12.5 Å². The van der Waals surface area contributed by atoms with Crippen molar-refractivity contribution in [2.24, 2.45) is 0 Å². The second-order valence-electron chi connectivity index (χ2n) is 6.40. The highest BCUT2D eigenvalue weighted by Gasteiger charge is 2.35. The van der Waals surface area contributed by atoms with Gasteiger partial charge in [0.2, 0.25) is 0 Å². The van der Waals surface area contributed by atoms with Crippen LogP contribution in [0.1, 0.15) is 22.8 Å². The molecule has 0 aromatic heterocycles. The number of nitro groups is 1. The number of carbonyl (C=O) groups is 1. The van der Waals surface area contributed by atoms with E-state index in [-0.39, 0.29) is 11.6 Å². The first-order valence-corrected chi connectivity index (χ1v) is 8.39. The lowest BCUT2D eigenvalue weighted by Gasteiger charge is -2.42. The van der Waals surface area contributed by atoms with E-state index in [0.29, 0.717) is 30.9 Å². The summed E-state index contributed by atoms with van der Waals surface area (Å²) in [7, 11) is 1.51. The standard InChI is InChI=1S/C19H21N3O4/c1-19(14-6-4-3-5-7-14)13-21(10-11-26-19)17-9-8-15(22(24)25)12-16(17)18(23)20-2/h3-9,12H,10-11,13H2,1-2H3,(H,20,23). The van der Waals surface area contributed by atoms with Crippen molar-refractivity contribution in [3.05, 3.63) is 69.8 Å². The van der Waals surface area contributed by atoms with Crippen LogP contribution < -0.4 is 10.2 Å². The van der Waals surface area contributed by atoms with Crippen LogP contribution in [-0.2, 0) is 10.3 Å². The average Bonchev–Trinajstić information content (AvgIpc) is 2.67. The van der Waals surface area contributed by atoms with Crippen molar-refractivity contribution in [3.63, 3.8) is 0 Å². The molecule has 1 aliphatic rings. The molecule has 1 aliphatic heterocycles. The van der Waals surface area contributed by atoms with Gasteiger partial charge in [0.25, 0.3) is 11.6 Å². The third kappa shape index (κ3) is 3.39. The zero-order valence-electron chi connectivity index (χ0n) is 14.8. The maximum atomic E-state index is 12.3. The molecule has 7 nitrogen and oxygen atoms in total. The van der Waals surface area contributed by atoms with Gasteiger partial charge in [-0.2, -0.15) is 0 Å². The molecular formula is C19H21N3O4. The third-order valence-electron chi connectivity index (χ3n) is 4.66. The van der Waals surface area contributed by atoms with E-state index >= 15 is 0 Å². The first kappa shape index (κ1) is 17.9. The molecular weight excluding hydrogens is 334 g/mol. The molecule has 136 valence electrons. The molecule has 3 rings (SSSR count). The Balaban J connectivity index is 1.98. The average molecular weight is 355 g/mol. The second kappa shape index (κ2) is 7.13. The molecule has 1 amide bonds. The molecule has 1 heterocycles. The number of nitro benzene ring substituents is 1. The van der Waals surface area contributed by atoms with Gasteiger partial charge in [0, 0.05) is 25.7 Å². The summed E-state index contributed by atoms with van der Waals surface area (Å²) < 4.78 is 6.04. The first-order valence-electron chi connectivity index (χ1n) is 8.39. The second-order valence-corrected chi connectivity index (χ2v) is 6.40. The van der Waals surface area contributed by atoms with Gasteiger partial charge >= 0.3 is 0 Å². The fourth-order valence-corrected chi connectivity index (χ4v) is 3.27. The molecule has 0 bridgehead atoms. The van der Waals surface area contributed by atoms with Gasteiger partial charge in [0.15, 0.2) is 0 Å². The van der Waals surface area contributed by atoms with Crippen LogP contribution in [0.3, 0.4) is 0 Å². The van der Waals surface area contributed by atoms with E-state index in [2.05, 4.69) is 5.32 Å². The Labute approximate surface area is 151 Å². The van der Waals surface area contributed by atoms with Crippen molar-refractivity contribution in [1.29, 1.82) is 0 Å². The van der Waals surface area contributed by atoms with Crippen LogP contribution in [0.2, 0.25) is 0 Å². The lowest BCUT2D eigenvalue weighted by molar-refractivity contribution is -0.384. The van der Waals surface area contributed by atoms with Gasteiger partial charge in [0.1, 0.15) is 5.60 Å². The van der Waals surface area contributed by atoms with Crippen LogP contribution in [0.5, 0.6) is 0 Å².